The molecule has 0 saturated heterocycles. The lowest BCUT2D eigenvalue weighted by Crippen LogP contribution is -2.32. The predicted octanol–water partition coefficient (Wildman–Crippen LogP) is 7.40. The number of nitrogens with one attached hydrogen (secondary N) is 2. The van der Waals surface area contributed by atoms with Crippen LogP contribution in [0.2, 0.25) is 0 Å². The number of thiazole rings is 1. The van der Waals surface area contributed by atoms with Crippen molar-refractivity contribution in [3.05, 3.63) is 78.4 Å². The number of aromatic nitrogens is 1. The molecule has 188 valence electrons. The Morgan fingerprint density at radius 3 is 2.42 bits per heavy atom. The SMILES string of the molecule is CCCCCNC(=O)c1ccc(N[C@H](COc2ccc(-c3nc4ccccc4s3)cc2)C(C)C)cc1. The van der Waals surface area contributed by atoms with Gasteiger partial charge in [-0.3, -0.25) is 4.79 Å². The van der Waals surface area contributed by atoms with Gasteiger partial charge in [-0.25, -0.2) is 4.98 Å². The number of ether oxygens (including phenoxy) is 1. The molecule has 6 heteroatoms. The largest absolute Gasteiger partial charge is 0.491 e. The van der Waals surface area contributed by atoms with Crippen LogP contribution in [0.1, 0.15) is 50.4 Å². The highest BCUT2D eigenvalue weighted by molar-refractivity contribution is 7.21. The zero-order chi connectivity index (χ0) is 25.3. The first-order chi connectivity index (χ1) is 17.5. The van der Waals surface area contributed by atoms with Crippen LogP contribution in [-0.2, 0) is 0 Å². The van der Waals surface area contributed by atoms with Crippen molar-refractivity contribution >= 4 is 33.1 Å². The molecule has 4 rings (SSSR count). The van der Waals surface area contributed by atoms with Crippen molar-refractivity contribution in [2.45, 2.75) is 46.1 Å². The molecule has 0 saturated carbocycles. The Bertz CT molecular complexity index is 1220. The van der Waals surface area contributed by atoms with Gasteiger partial charge in [0.2, 0.25) is 0 Å². The van der Waals surface area contributed by atoms with Crippen LogP contribution in [0, 0.1) is 5.92 Å². The molecule has 1 atom stereocenters. The van der Waals surface area contributed by atoms with E-state index in [2.05, 4.69) is 49.6 Å². The van der Waals surface area contributed by atoms with Gasteiger partial charge in [0.05, 0.1) is 16.3 Å². The van der Waals surface area contributed by atoms with E-state index < -0.39 is 0 Å². The molecule has 1 heterocycles. The van der Waals surface area contributed by atoms with Gasteiger partial charge in [0.15, 0.2) is 0 Å². The fraction of sp³-hybridized carbons (Fsp3) is 0.333. The maximum Gasteiger partial charge on any atom is 0.251 e. The van der Waals surface area contributed by atoms with Crippen molar-refractivity contribution in [1.82, 2.24) is 10.3 Å². The van der Waals surface area contributed by atoms with E-state index in [1.807, 2.05) is 54.6 Å². The van der Waals surface area contributed by atoms with Crippen molar-refractivity contribution in [2.24, 2.45) is 5.92 Å². The standard InChI is InChI=1S/C30H35N3O2S/c1-4-5-8-19-31-29(34)22-11-15-24(16-12-22)32-27(21(2)3)20-35-25-17-13-23(14-18-25)30-33-26-9-6-7-10-28(26)36-30/h6-7,9-18,21,27,32H,4-5,8,19-20H2,1-3H3,(H,31,34)/t27-/m1/s1. The summed E-state index contributed by atoms with van der Waals surface area (Å²) in [5.41, 5.74) is 3.79. The number of fused-ring (bicyclic) bond motifs is 1. The van der Waals surface area contributed by atoms with E-state index >= 15 is 0 Å². The summed E-state index contributed by atoms with van der Waals surface area (Å²) in [7, 11) is 0. The molecule has 3 aromatic carbocycles. The first-order valence-electron chi connectivity index (χ1n) is 12.8. The molecular formula is C30H35N3O2S. The zero-order valence-corrected chi connectivity index (χ0v) is 22.1. The third kappa shape index (κ3) is 6.85. The summed E-state index contributed by atoms with van der Waals surface area (Å²) >= 11 is 1.70. The first-order valence-corrected chi connectivity index (χ1v) is 13.6. The molecule has 0 fully saturated rings. The fourth-order valence-electron chi connectivity index (χ4n) is 3.89. The van der Waals surface area contributed by atoms with Crippen LogP contribution in [0.5, 0.6) is 5.75 Å². The molecule has 0 radical (unpaired) electrons. The molecule has 5 nitrogen and oxygen atoms in total. The van der Waals surface area contributed by atoms with E-state index in [0.29, 0.717) is 18.1 Å². The summed E-state index contributed by atoms with van der Waals surface area (Å²) < 4.78 is 7.33. The molecule has 0 aliphatic rings. The van der Waals surface area contributed by atoms with Gasteiger partial charge < -0.3 is 15.4 Å². The first kappa shape index (κ1) is 25.7. The Morgan fingerprint density at radius 2 is 1.72 bits per heavy atom. The summed E-state index contributed by atoms with van der Waals surface area (Å²) in [6.07, 6.45) is 3.30. The van der Waals surface area contributed by atoms with E-state index in [9.17, 15) is 4.79 Å². The molecule has 0 aliphatic carbocycles. The second kappa shape index (κ2) is 12.5. The molecule has 4 aromatic rings. The third-order valence-electron chi connectivity index (χ3n) is 6.19. The van der Waals surface area contributed by atoms with E-state index in [0.717, 1.165) is 53.3 Å². The highest BCUT2D eigenvalue weighted by atomic mass is 32.1. The zero-order valence-electron chi connectivity index (χ0n) is 21.3. The van der Waals surface area contributed by atoms with Crippen LogP contribution in [-0.4, -0.2) is 30.1 Å². The van der Waals surface area contributed by atoms with Crippen molar-refractivity contribution in [3.63, 3.8) is 0 Å². The lowest BCUT2D eigenvalue weighted by Gasteiger charge is -2.24. The maximum atomic E-state index is 12.3. The second-order valence-corrected chi connectivity index (χ2v) is 10.4. The number of anilines is 1. The van der Waals surface area contributed by atoms with Crippen LogP contribution < -0.4 is 15.4 Å². The average Bonchev–Trinajstić information content (AvgIpc) is 3.34. The molecule has 0 spiro atoms. The van der Waals surface area contributed by atoms with Crippen LogP contribution in [0.25, 0.3) is 20.8 Å². The van der Waals surface area contributed by atoms with E-state index in [4.69, 9.17) is 9.72 Å². The molecule has 36 heavy (non-hydrogen) atoms. The van der Waals surface area contributed by atoms with Gasteiger partial charge in [-0.15, -0.1) is 11.3 Å². The minimum Gasteiger partial charge on any atom is -0.491 e. The van der Waals surface area contributed by atoms with Crippen molar-refractivity contribution < 1.29 is 9.53 Å². The van der Waals surface area contributed by atoms with Gasteiger partial charge in [0.25, 0.3) is 5.91 Å². The summed E-state index contributed by atoms with van der Waals surface area (Å²) in [5, 5.41) is 7.57. The predicted molar refractivity (Wildman–Crippen MR) is 151 cm³/mol. The van der Waals surface area contributed by atoms with Crippen LogP contribution in [0.15, 0.2) is 72.8 Å². The minimum absolute atomic E-state index is 0.0179. The Kier molecular flexibility index (Phi) is 8.95. The smallest absolute Gasteiger partial charge is 0.251 e. The molecule has 0 aliphatic heterocycles. The normalized spacial score (nSPS) is 12.0. The molecule has 1 aromatic heterocycles. The number of hydrogen-bond donors (Lipinski definition) is 2. The number of unbranched alkanes of at least 4 members (excludes halogenated alkanes) is 2. The maximum absolute atomic E-state index is 12.3. The molecule has 1 amide bonds. The topological polar surface area (TPSA) is 63.2 Å². The lowest BCUT2D eigenvalue weighted by atomic mass is 10.0. The fourth-order valence-corrected chi connectivity index (χ4v) is 4.86. The molecule has 0 unspecified atom stereocenters. The molecule has 0 bridgehead atoms. The summed E-state index contributed by atoms with van der Waals surface area (Å²) in [5.74, 6) is 1.19. The Hall–Kier alpha value is -3.38. The lowest BCUT2D eigenvalue weighted by molar-refractivity contribution is 0.0953. The van der Waals surface area contributed by atoms with Gasteiger partial charge in [-0.05, 0) is 73.0 Å². The molecule has 2 N–H and O–H groups in total. The Balaban J connectivity index is 1.31. The Labute approximate surface area is 217 Å². The van der Waals surface area contributed by atoms with Crippen molar-refractivity contribution in [3.8, 4) is 16.3 Å². The minimum atomic E-state index is -0.0179. The van der Waals surface area contributed by atoms with E-state index in [-0.39, 0.29) is 11.9 Å². The van der Waals surface area contributed by atoms with E-state index in [1.165, 1.54) is 4.70 Å². The van der Waals surface area contributed by atoms with Gasteiger partial charge >= 0.3 is 0 Å². The average molecular weight is 502 g/mol. The number of carbonyl (C=O) groups is 1. The number of hydrogen-bond acceptors (Lipinski definition) is 5. The summed E-state index contributed by atoms with van der Waals surface area (Å²) in [6, 6.07) is 24.1. The van der Waals surface area contributed by atoms with Crippen LogP contribution >= 0.6 is 11.3 Å². The number of amides is 1. The Morgan fingerprint density at radius 1 is 0.972 bits per heavy atom. The van der Waals surface area contributed by atoms with Gasteiger partial charge in [0.1, 0.15) is 17.4 Å². The second-order valence-electron chi connectivity index (χ2n) is 9.36. The highest BCUT2D eigenvalue weighted by Crippen LogP contribution is 2.31. The van der Waals surface area contributed by atoms with Gasteiger partial charge in [0, 0.05) is 23.4 Å². The molecular weight excluding hydrogens is 466 g/mol. The van der Waals surface area contributed by atoms with Gasteiger partial charge in [-0.2, -0.15) is 0 Å². The van der Waals surface area contributed by atoms with Crippen LogP contribution in [0.3, 0.4) is 0 Å². The quantitative estimate of drug-likeness (QED) is 0.199. The van der Waals surface area contributed by atoms with Gasteiger partial charge in [-0.1, -0.05) is 45.7 Å². The summed E-state index contributed by atoms with van der Waals surface area (Å²) in [6.45, 7) is 7.77. The number of rotatable bonds is 12. The summed E-state index contributed by atoms with van der Waals surface area (Å²) in [4.78, 5) is 17.1. The monoisotopic (exact) mass is 501 g/mol. The van der Waals surface area contributed by atoms with Crippen molar-refractivity contribution in [2.75, 3.05) is 18.5 Å². The number of nitrogens with zero attached hydrogens (tertiary/aromatic N) is 1. The number of para-hydroxylation sites is 1. The number of carbonyl (C=O) groups excluding carboxylic acids is 1. The van der Waals surface area contributed by atoms with E-state index in [1.54, 1.807) is 11.3 Å². The number of benzene rings is 3. The highest BCUT2D eigenvalue weighted by Gasteiger charge is 2.15. The van der Waals surface area contributed by atoms with Crippen LogP contribution in [0.4, 0.5) is 5.69 Å². The third-order valence-corrected chi connectivity index (χ3v) is 7.28. The van der Waals surface area contributed by atoms with Crippen molar-refractivity contribution in [1.29, 1.82) is 0 Å².